The second-order valence-electron chi connectivity index (χ2n) is 4.67. The van der Waals surface area contributed by atoms with Gasteiger partial charge in [0.05, 0.1) is 11.5 Å². The van der Waals surface area contributed by atoms with Crippen molar-refractivity contribution in [3.05, 3.63) is 64.2 Å². The number of ether oxygens (including phenoxy) is 1. The Morgan fingerprint density at radius 2 is 1.79 bits per heavy atom. The molecule has 8 heteroatoms. The molecule has 0 aromatic heterocycles. The molecule has 0 aliphatic rings. The molecule has 0 radical (unpaired) electrons. The number of hydrogen-bond donors (Lipinski definition) is 2. The Bertz CT molecular complexity index is 745. The van der Waals surface area contributed by atoms with Crippen LogP contribution in [0, 0.1) is 10.1 Å². The third-order valence-electron chi connectivity index (χ3n) is 2.99. The maximum absolute atomic E-state index is 12.1. The summed E-state index contributed by atoms with van der Waals surface area (Å²) in [6, 6.07) is 12.4. The summed E-state index contributed by atoms with van der Waals surface area (Å²) >= 11 is 5.06. The zero-order valence-corrected chi connectivity index (χ0v) is 13.6. The molecule has 0 aliphatic carbocycles. The van der Waals surface area contributed by atoms with Crippen LogP contribution in [0.5, 0.6) is 5.75 Å². The van der Waals surface area contributed by atoms with E-state index in [1.54, 1.807) is 24.3 Å². The summed E-state index contributed by atoms with van der Waals surface area (Å²) in [7, 11) is 0. The molecule has 0 aliphatic heterocycles. The van der Waals surface area contributed by atoms with Gasteiger partial charge < -0.3 is 10.1 Å². The highest BCUT2D eigenvalue weighted by molar-refractivity contribution is 7.80. The molecule has 7 nitrogen and oxygen atoms in total. The number of carbonyl (C=O) groups is 1. The number of nitro benzene ring substituents is 1. The fourth-order valence-electron chi connectivity index (χ4n) is 1.87. The molecule has 0 unspecified atom stereocenters. The fourth-order valence-corrected chi connectivity index (χ4v) is 2.08. The Balaban J connectivity index is 1.93. The van der Waals surface area contributed by atoms with E-state index in [4.69, 9.17) is 17.0 Å². The minimum atomic E-state index is -0.490. The summed E-state index contributed by atoms with van der Waals surface area (Å²) in [5.41, 5.74) is 0.953. The number of rotatable bonds is 5. The van der Waals surface area contributed by atoms with Crippen LogP contribution in [-0.2, 0) is 0 Å². The minimum Gasteiger partial charge on any atom is -0.494 e. The lowest BCUT2D eigenvalue weighted by Crippen LogP contribution is -2.34. The number of nitrogens with one attached hydrogen (secondary N) is 2. The summed E-state index contributed by atoms with van der Waals surface area (Å²) in [4.78, 5) is 22.2. The monoisotopic (exact) mass is 345 g/mol. The van der Waals surface area contributed by atoms with Gasteiger partial charge in [-0.1, -0.05) is 0 Å². The van der Waals surface area contributed by atoms with E-state index in [0.717, 1.165) is 0 Å². The summed E-state index contributed by atoms with van der Waals surface area (Å²) in [5, 5.41) is 16.0. The van der Waals surface area contributed by atoms with Crippen molar-refractivity contribution >= 4 is 34.6 Å². The largest absolute Gasteiger partial charge is 0.494 e. The molecule has 0 heterocycles. The second kappa shape index (κ2) is 8.02. The van der Waals surface area contributed by atoms with Crippen LogP contribution in [0.15, 0.2) is 48.5 Å². The molecule has 24 heavy (non-hydrogen) atoms. The summed E-state index contributed by atoms with van der Waals surface area (Å²) in [5.74, 6) is 0.318. The van der Waals surface area contributed by atoms with Gasteiger partial charge in [0.15, 0.2) is 5.11 Å². The van der Waals surface area contributed by atoms with E-state index in [0.29, 0.717) is 23.6 Å². The highest BCUT2D eigenvalue weighted by atomic mass is 32.1. The SMILES string of the molecule is CCOc1ccc(C(=O)NC(=S)Nc2ccc([N+](=O)[O-])cc2)cc1. The number of carbonyl (C=O) groups excluding carboxylic acids is 1. The second-order valence-corrected chi connectivity index (χ2v) is 5.08. The standard InChI is InChI=1S/C16H15N3O4S/c1-2-23-14-9-3-11(4-10-14)15(20)18-16(24)17-12-5-7-13(8-6-12)19(21)22/h3-10H,2H2,1H3,(H2,17,18,20,24). The van der Waals surface area contributed by atoms with Crippen LogP contribution >= 0.6 is 12.2 Å². The third-order valence-corrected chi connectivity index (χ3v) is 3.19. The van der Waals surface area contributed by atoms with Crippen molar-refractivity contribution in [2.75, 3.05) is 11.9 Å². The number of non-ortho nitro benzene ring substituents is 1. The first-order chi connectivity index (χ1) is 11.5. The molecule has 2 rings (SSSR count). The van der Waals surface area contributed by atoms with Crippen molar-refractivity contribution in [1.82, 2.24) is 5.32 Å². The molecule has 2 aromatic rings. The van der Waals surface area contributed by atoms with E-state index < -0.39 is 4.92 Å². The molecule has 2 aromatic carbocycles. The van der Waals surface area contributed by atoms with Crippen LogP contribution in [0.25, 0.3) is 0 Å². The van der Waals surface area contributed by atoms with Gasteiger partial charge in [-0.05, 0) is 55.5 Å². The summed E-state index contributed by atoms with van der Waals surface area (Å²) in [6.07, 6.45) is 0. The number of anilines is 1. The van der Waals surface area contributed by atoms with Crippen molar-refractivity contribution < 1.29 is 14.5 Å². The van der Waals surface area contributed by atoms with Crippen LogP contribution in [-0.4, -0.2) is 22.5 Å². The maximum Gasteiger partial charge on any atom is 0.269 e. The van der Waals surface area contributed by atoms with E-state index in [-0.39, 0.29) is 16.7 Å². The van der Waals surface area contributed by atoms with Crippen molar-refractivity contribution in [2.45, 2.75) is 6.92 Å². The van der Waals surface area contributed by atoms with Crippen LogP contribution in [0.2, 0.25) is 0 Å². The maximum atomic E-state index is 12.1. The van der Waals surface area contributed by atoms with E-state index in [1.165, 1.54) is 24.3 Å². The van der Waals surface area contributed by atoms with Crippen LogP contribution in [0.4, 0.5) is 11.4 Å². The van der Waals surface area contributed by atoms with Crippen LogP contribution < -0.4 is 15.4 Å². The predicted octanol–water partition coefficient (Wildman–Crippen LogP) is 3.12. The molecule has 1 amide bonds. The minimum absolute atomic E-state index is 0.0232. The van der Waals surface area contributed by atoms with Gasteiger partial charge in [0.25, 0.3) is 11.6 Å². The molecule has 0 spiro atoms. The van der Waals surface area contributed by atoms with Crippen molar-refractivity contribution in [2.24, 2.45) is 0 Å². The van der Waals surface area contributed by atoms with E-state index in [2.05, 4.69) is 10.6 Å². The van der Waals surface area contributed by atoms with Gasteiger partial charge in [-0.3, -0.25) is 20.2 Å². The van der Waals surface area contributed by atoms with Gasteiger partial charge in [-0.2, -0.15) is 0 Å². The molecule has 0 bridgehead atoms. The van der Waals surface area contributed by atoms with Gasteiger partial charge in [0, 0.05) is 23.4 Å². The van der Waals surface area contributed by atoms with Gasteiger partial charge >= 0.3 is 0 Å². The Labute approximate surface area is 143 Å². The molecule has 2 N–H and O–H groups in total. The van der Waals surface area contributed by atoms with Crippen LogP contribution in [0.3, 0.4) is 0 Å². The molecule has 0 fully saturated rings. The number of nitrogens with zero attached hydrogens (tertiary/aromatic N) is 1. The van der Waals surface area contributed by atoms with Gasteiger partial charge in [-0.15, -0.1) is 0 Å². The average molecular weight is 345 g/mol. The summed E-state index contributed by atoms with van der Waals surface area (Å²) in [6.45, 7) is 2.43. The molecule has 124 valence electrons. The topological polar surface area (TPSA) is 93.5 Å². The van der Waals surface area contributed by atoms with E-state index in [1.807, 2.05) is 6.92 Å². The van der Waals surface area contributed by atoms with Gasteiger partial charge in [0.1, 0.15) is 5.75 Å². The number of hydrogen-bond acceptors (Lipinski definition) is 5. The number of nitro groups is 1. The lowest BCUT2D eigenvalue weighted by atomic mass is 10.2. The zero-order chi connectivity index (χ0) is 17.5. The highest BCUT2D eigenvalue weighted by Crippen LogP contribution is 2.15. The first-order valence-corrected chi connectivity index (χ1v) is 7.50. The van der Waals surface area contributed by atoms with Crippen LogP contribution in [0.1, 0.15) is 17.3 Å². The number of benzene rings is 2. The zero-order valence-electron chi connectivity index (χ0n) is 12.8. The Morgan fingerprint density at radius 1 is 1.17 bits per heavy atom. The van der Waals surface area contributed by atoms with Crippen molar-refractivity contribution in [3.8, 4) is 5.75 Å². The number of amides is 1. The Morgan fingerprint density at radius 3 is 2.33 bits per heavy atom. The van der Waals surface area contributed by atoms with Crippen molar-refractivity contribution in [3.63, 3.8) is 0 Å². The first kappa shape index (κ1) is 17.4. The Kier molecular flexibility index (Phi) is 5.80. The molecular formula is C16H15N3O4S. The normalized spacial score (nSPS) is 9.88. The Hall–Kier alpha value is -3.00. The quantitative estimate of drug-likeness (QED) is 0.491. The average Bonchev–Trinajstić information content (AvgIpc) is 2.56. The molecule has 0 saturated heterocycles. The molecule has 0 atom stereocenters. The lowest BCUT2D eigenvalue weighted by molar-refractivity contribution is -0.384. The highest BCUT2D eigenvalue weighted by Gasteiger charge is 2.09. The number of thiocarbonyl (C=S) groups is 1. The lowest BCUT2D eigenvalue weighted by Gasteiger charge is -2.10. The van der Waals surface area contributed by atoms with Gasteiger partial charge in [-0.25, -0.2) is 0 Å². The van der Waals surface area contributed by atoms with Crippen molar-refractivity contribution in [1.29, 1.82) is 0 Å². The molecule has 0 saturated carbocycles. The summed E-state index contributed by atoms with van der Waals surface area (Å²) < 4.78 is 5.31. The fraction of sp³-hybridized carbons (Fsp3) is 0.125. The smallest absolute Gasteiger partial charge is 0.269 e. The van der Waals surface area contributed by atoms with E-state index >= 15 is 0 Å². The predicted molar refractivity (Wildman–Crippen MR) is 94.4 cm³/mol. The first-order valence-electron chi connectivity index (χ1n) is 7.09. The third kappa shape index (κ3) is 4.75. The van der Waals surface area contributed by atoms with E-state index in [9.17, 15) is 14.9 Å². The van der Waals surface area contributed by atoms with Gasteiger partial charge in [0.2, 0.25) is 0 Å². The molecular weight excluding hydrogens is 330 g/mol.